The molecule has 20 heavy (non-hydrogen) atoms. The molecule has 0 spiro atoms. The molecule has 2 aromatic heterocycles. The Balaban J connectivity index is 2.11. The molecular formula is C15H10N4O. The summed E-state index contributed by atoms with van der Waals surface area (Å²) in [6.07, 6.45) is 0. The van der Waals surface area contributed by atoms with Crippen LogP contribution in [0.15, 0.2) is 59.4 Å². The summed E-state index contributed by atoms with van der Waals surface area (Å²) >= 11 is 0. The number of nitrogens with zero attached hydrogens (tertiary/aromatic N) is 3. The first kappa shape index (κ1) is 10.9. The Bertz CT molecular complexity index is 969. The van der Waals surface area contributed by atoms with Crippen LogP contribution in [0.4, 0.5) is 0 Å². The predicted octanol–water partition coefficient (Wildman–Crippen LogP) is 2.24. The summed E-state index contributed by atoms with van der Waals surface area (Å²) in [5.74, 6) is 0.549. The van der Waals surface area contributed by atoms with Crippen LogP contribution in [0.2, 0.25) is 0 Å². The number of rotatable bonds is 1. The van der Waals surface area contributed by atoms with Crippen molar-refractivity contribution in [3.63, 3.8) is 0 Å². The van der Waals surface area contributed by atoms with Crippen LogP contribution >= 0.6 is 0 Å². The molecule has 0 aliphatic carbocycles. The lowest BCUT2D eigenvalue weighted by Crippen LogP contribution is -2.17. The molecule has 0 unspecified atom stereocenters. The topological polar surface area (TPSA) is 63.0 Å². The van der Waals surface area contributed by atoms with Gasteiger partial charge in [-0.1, -0.05) is 42.5 Å². The number of hydrogen-bond donors (Lipinski definition) is 1. The smallest absolute Gasteiger partial charge is 0.305 e. The van der Waals surface area contributed by atoms with E-state index in [-0.39, 0.29) is 5.69 Å². The number of nitrogens with one attached hydrogen (secondary N) is 1. The Morgan fingerprint density at radius 3 is 2.55 bits per heavy atom. The van der Waals surface area contributed by atoms with E-state index in [0.29, 0.717) is 11.5 Å². The van der Waals surface area contributed by atoms with Crippen molar-refractivity contribution in [1.82, 2.24) is 19.6 Å². The van der Waals surface area contributed by atoms with Crippen LogP contribution in [-0.4, -0.2) is 19.6 Å². The second kappa shape index (κ2) is 4.03. The summed E-state index contributed by atoms with van der Waals surface area (Å²) in [5.41, 5.74) is 1.94. The van der Waals surface area contributed by atoms with Crippen LogP contribution in [0.5, 0.6) is 0 Å². The Labute approximate surface area is 113 Å². The molecule has 4 rings (SSSR count). The summed E-state index contributed by atoms with van der Waals surface area (Å²) < 4.78 is 1.31. The maximum absolute atomic E-state index is 12.0. The highest BCUT2D eigenvalue weighted by atomic mass is 16.1. The molecule has 1 N–H and O–H groups in total. The van der Waals surface area contributed by atoms with Crippen molar-refractivity contribution in [1.29, 1.82) is 0 Å². The average molecular weight is 262 g/mol. The lowest BCUT2D eigenvalue weighted by molar-refractivity contribution is 0.885. The van der Waals surface area contributed by atoms with Gasteiger partial charge >= 0.3 is 5.69 Å². The van der Waals surface area contributed by atoms with Gasteiger partial charge in [-0.25, -0.2) is 9.78 Å². The molecular weight excluding hydrogens is 252 g/mol. The normalized spacial score (nSPS) is 11.2. The third-order valence-electron chi connectivity index (χ3n) is 3.24. The fourth-order valence-electron chi connectivity index (χ4n) is 2.29. The molecule has 0 saturated carbocycles. The van der Waals surface area contributed by atoms with Crippen molar-refractivity contribution in [2.24, 2.45) is 0 Å². The summed E-state index contributed by atoms with van der Waals surface area (Å²) in [7, 11) is 0. The van der Waals surface area contributed by atoms with Gasteiger partial charge in [0.25, 0.3) is 0 Å². The number of benzene rings is 2. The van der Waals surface area contributed by atoms with Crippen molar-refractivity contribution in [2.45, 2.75) is 0 Å². The Morgan fingerprint density at radius 1 is 0.950 bits per heavy atom. The van der Waals surface area contributed by atoms with Crippen molar-refractivity contribution in [2.75, 3.05) is 0 Å². The first-order valence-electron chi connectivity index (χ1n) is 6.26. The van der Waals surface area contributed by atoms with Gasteiger partial charge in [0, 0.05) is 10.9 Å². The molecule has 2 heterocycles. The minimum absolute atomic E-state index is 0.284. The molecule has 5 heteroatoms. The largest absolute Gasteiger partial charge is 0.348 e. The fourth-order valence-corrected chi connectivity index (χ4v) is 2.29. The van der Waals surface area contributed by atoms with Crippen LogP contribution in [-0.2, 0) is 0 Å². The van der Waals surface area contributed by atoms with Crippen LogP contribution in [0.1, 0.15) is 0 Å². The van der Waals surface area contributed by atoms with Crippen molar-refractivity contribution in [3.8, 4) is 11.4 Å². The minimum atomic E-state index is -0.284. The van der Waals surface area contributed by atoms with Gasteiger partial charge in [0.05, 0.1) is 5.52 Å². The van der Waals surface area contributed by atoms with Gasteiger partial charge in [-0.15, -0.1) is 5.10 Å². The quantitative estimate of drug-likeness (QED) is 0.572. The summed E-state index contributed by atoms with van der Waals surface area (Å²) in [6.45, 7) is 0. The Morgan fingerprint density at radius 2 is 1.70 bits per heavy atom. The maximum atomic E-state index is 12.0. The molecule has 0 fully saturated rings. The summed E-state index contributed by atoms with van der Waals surface area (Å²) in [5, 5.41) is 5.17. The molecule has 0 atom stereocenters. The highest BCUT2D eigenvalue weighted by molar-refractivity contribution is 5.91. The third-order valence-corrected chi connectivity index (χ3v) is 3.24. The van der Waals surface area contributed by atoms with Crippen LogP contribution in [0.3, 0.4) is 0 Å². The molecule has 4 aromatic rings. The molecule has 0 amide bonds. The van der Waals surface area contributed by atoms with E-state index in [1.54, 1.807) is 0 Å². The summed E-state index contributed by atoms with van der Waals surface area (Å²) in [4.78, 5) is 19.3. The second-order valence-corrected chi connectivity index (χ2v) is 4.51. The van der Waals surface area contributed by atoms with E-state index in [2.05, 4.69) is 15.1 Å². The van der Waals surface area contributed by atoms with E-state index in [9.17, 15) is 4.79 Å². The van der Waals surface area contributed by atoms with Crippen LogP contribution in [0.25, 0.3) is 27.9 Å². The lowest BCUT2D eigenvalue weighted by atomic mass is 10.2. The maximum Gasteiger partial charge on any atom is 0.348 e. The van der Waals surface area contributed by atoms with E-state index in [1.165, 1.54) is 4.52 Å². The standard InChI is InChI=1S/C15H10N4O/c20-15-16-12-9-5-4-8-11(12)14-17-13(18-19(14)15)10-6-2-1-3-7-10/h1-9H,(H,16,20). The van der Waals surface area contributed by atoms with Gasteiger partial charge in [0.15, 0.2) is 11.5 Å². The lowest BCUT2D eigenvalue weighted by Gasteiger charge is -1.97. The van der Waals surface area contributed by atoms with Gasteiger partial charge in [0.2, 0.25) is 0 Å². The molecule has 0 bridgehead atoms. The van der Waals surface area contributed by atoms with Gasteiger partial charge in [-0.05, 0) is 12.1 Å². The van der Waals surface area contributed by atoms with Crippen molar-refractivity contribution >= 4 is 16.6 Å². The van der Waals surface area contributed by atoms with E-state index >= 15 is 0 Å². The Kier molecular flexibility index (Phi) is 2.20. The zero-order valence-corrected chi connectivity index (χ0v) is 10.4. The number of H-pyrrole nitrogens is 1. The van der Waals surface area contributed by atoms with E-state index in [1.807, 2.05) is 54.6 Å². The number of aromatic nitrogens is 4. The SMILES string of the molecule is O=c1[nH]c2ccccc2c2nc(-c3ccccc3)nn12. The van der Waals surface area contributed by atoms with Gasteiger partial charge in [-0.2, -0.15) is 4.52 Å². The first-order valence-corrected chi connectivity index (χ1v) is 6.26. The zero-order valence-electron chi connectivity index (χ0n) is 10.4. The number of para-hydroxylation sites is 1. The highest BCUT2D eigenvalue weighted by Gasteiger charge is 2.11. The molecule has 0 saturated heterocycles. The average Bonchev–Trinajstić information content (AvgIpc) is 2.94. The van der Waals surface area contributed by atoms with Gasteiger partial charge < -0.3 is 4.98 Å². The number of aromatic amines is 1. The van der Waals surface area contributed by atoms with Gasteiger partial charge in [0.1, 0.15) is 0 Å². The zero-order chi connectivity index (χ0) is 13.5. The molecule has 5 nitrogen and oxygen atoms in total. The summed E-state index contributed by atoms with van der Waals surface area (Å²) in [6, 6.07) is 17.2. The van der Waals surface area contributed by atoms with Crippen LogP contribution < -0.4 is 5.69 Å². The molecule has 2 aromatic carbocycles. The van der Waals surface area contributed by atoms with E-state index in [4.69, 9.17) is 0 Å². The Hall–Kier alpha value is -2.95. The monoisotopic (exact) mass is 262 g/mol. The minimum Gasteiger partial charge on any atom is -0.305 e. The third kappa shape index (κ3) is 1.53. The van der Waals surface area contributed by atoms with Crippen LogP contribution in [0, 0.1) is 0 Å². The van der Waals surface area contributed by atoms with E-state index in [0.717, 1.165) is 16.5 Å². The fraction of sp³-hybridized carbons (Fsp3) is 0. The second-order valence-electron chi connectivity index (χ2n) is 4.51. The highest BCUT2D eigenvalue weighted by Crippen LogP contribution is 2.19. The first-order chi connectivity index (χ1) is 9.83. The van der Waals surface area contributed by atoms with E-state index < -0.39 is 0 Å². The molecule has 0 aliphatic rings. The molecule has 96 valence electrons. The molecule has 0 radical (unpaired) electrons. The predicted molar refractivity (Wildman–Crippen MR) is 76.5 cm³/mol. The molecule has 0 aliphatic heterocycles. The number of hydrogen-bond acceptors (Lipinski definition) is 3. The van der Waals surface area contributed by atoms with Crippen molar-refractivity contribution < 1.29 is 0 Å². The number of fused-ring (bicyclic) bond motifs is 3. The van der Waals surface area contributed by atoms with Crippen molar-refractivity contribution in [3.05, 3.63) is 65.1 Å². The van der Waals surface area contributed by atoms with Gasteiger partial charge in [-0.3, -0.25) is 0 Å².